The van der Waals surface area contributed by atoms with Gasteiger partial charge in [-0.3, -0.25) is 0 Å². The van der Waals surface area contributed by atoms with Gasteiger partial charge < -0.3 is 10.2 Å². The highest BCUT2D eigenvalue weighted by Crippen LogP contribution is 2.33. The van der Waals surface area contributed by atoms with Gasteiger partial charge in [-0.1, -0.05) is 25.7 Å². The van der Waals surface area contributed by atoms with E-state index in [1.807, 2.05) is 0 Å². The largest absolute Gasteiger partial charge is 0.396 e. The van der Waals surface area contributed by atoms with Gasteiger partial charge in [0.1, 0.15) is 0 Å². The second-order valence-corrected chi connectivity index (χ2v) is 3.83. The molecule has 12 heavy (non-hydrogen) atoms. The third kappa shape index (κ3) is 2.76. The van der Waals surface area contributed by atoms with Gasteiger partial charge in [0, 0.05) is 13.2 Å². The lowest BCUT2D eigenvalue weighted by Gasteiger charge is -2.30. The Morgan fingerprint density at radius 2 is 1.25 bits per heavy atom. The average Bonchev–Trinajstić information content (AvgIpc) is 2.09. The molecule has 0 heterocycles. The summed E-state index contributed by atoms with van der Waals surface area (Å²) in [5.41, 5.74) is 0. The number of aliphatic hydroxyl groups is 2. The van der Waals surface area contributed by atoms with Gasteiger partial charge in [0.2, 0.25) is 0 Å². The standard InChI is InChI=1S/C10H20O2/c11-7-5-9-3-1-2-4-10(9)6-8-12/h9-12H,1-8H2/t9-,10-/m0/s1. The fourth-order valence-electron chi connectivity index (χ4n) is 2.38. The number of hydrogen-bond donors (Lipinski definition) is 2. The third-order valence-corrected chi connectivity index (χ3v) is 3.07. The molecule has 0 aliphatic heterocycles. The highest BCUT2D eigenvalue weighted by Gasteiger charge is 2.23. The minimum atomic E-state index is 0.312. The van der Waals surface area contributed by atoms with Crippen molar-refractivity contribution in [3.05, 3.63) is 0 Å². The molecule has 1 aliphatic rings. The molecule has 2 atom stereocenters. The van der Waals surface area contributed by atoms with E-state index in [9.17, 15) is 0 Å². The molecule has 2 nitrogen and oxygen atoms in total. The van der Waals surface area contributed by atoms with Crippen molar-refractivity contribution < 1.29 is 10.2 Å². The van der Waals surface area contributed by atoms with E-state index in [1.165, 1.54) is 25.7 Å². The molecule has 0 unspecified atom stereocenters. The summed E-state index contributed by atoms with van der Waals surface area (Å²) in [6.45, 7) is 0.624. The van der Waals surface area contributed by atoms with Gasteiger partial charge in [0.05, 0.1) is 0 Å². The molecule has 2 N–H and O–H groups in total. The fraction of sp³-hybridized carbons (Fsp3) is 1.00. The summed E-state index contributed by atoms with van der Waals surface area (Å²) in [5.74, 6) is 1.35. The molecule has 0 bridgehead atoms. The Bertz CT molecular complexity index is 96.4. The van der Waals surface area contributed by atoms with E-state index in [0.717, 1.165) is 12.8 Å². The van der Waals surface area contributed by atoms with E-state index < -0.39 is 0 Å². The van der Waals surface area contributed by atoms with E-state index in [-0.39, 0.29) is 0 Å². The van der Waals surface area contributed by atoms with Gasteiger partial charge in [-0.05, 0) is 24.7 Å². The Morgan fingerprint density at radius 3 is 1.58 bits per heavy atom. The Morgan fingerprint density at radius 1 is 0.833 bits per heavy atom. The molecule has 0 saturated heterocycles. The van der Waals surface area contributed by atoms with Gasteiger partial charge in [0.25, 0.3) is 0 Å². The minimum absolute atomic E-state index is 0.312. The summed E-state index contributed by atoms with van der Waals surface area (Å²) < 4.78 is 0. The maximum absolute atomic E-state index is 8.84. The van der Waals surface area contributed by atoms with E-state index in [4.69, 9.17) is 10.2 Å². The predicted octanol–water partition coefficient (Wildman–Crippen LogP) is 1.56. The fourth-order valence-corrected chi connectivity index (χ4v) is 2.38. The van der Waals surface area contributed by atoms with Crippen LogP contribution in [0, 0.1) is 11.8 Å². The van der Waals surface area contributed by atoms with Gasteiger partial charge in [0.15, 0.2) is 0 Å². The number of rotatable bonds is 4. The zero-order valence-electron chi connectivity index (χ0n) is 7.71. The van der Waals surface area contributed by atoms with Crippen molar-refractivity contribution in [2.75, 3.05) is 13.2 Å². The molecule has 0 aromatic heterocycles. The molecule has 2 heteroatoms. The molecule has 1 saturated carbocycles. The topological polar surface area (TPSA) is 40.5 Å². The van der Waals surface area contributed by atoms with Crippen molar-refractivity contribution >= 4 is 0 Å². The van der Waals surface area contributed by atoms with Crippen LogP contribution >= 0.6 is 0 Å². The maximum atomic E-state index is 8.84. The Hall–Kier alpha value is -0.0800. The monoisotopic (exact) mass is 172 g/mol. The molecule has 72 valence electrons. The average molecular weight is 172 g/mol. The van der Waals surface area contributed by atoms with Crippen LogP contribution < -0.4 is 0 Å². The van der Waals surface area contributed by atoms with Crippen molar-refractivity contribution in [3.8, 4) is 0 Å². The molecule has 0 aromatic carbocycles. The first-order valence-electron chi connectivity index (χ1n) is 5.10. The highest BCUT2D eigenvalue weighted by atomic mass is 16.3. The lowest BCUT2D eigenvalue weighted by atomic mass is 9.76. The SMILES string of the molecule is OCC[C@@H]1CCCC[C@H]1CCO. The van der Waals surface area contributed by atoms with Crippen LogP contribution in [0.25, 0.3) is 0 Å². The second-order valence-electron chi connectivity index (χ2n) is 3.83. The molecule has 0 spiro atoms. The smallest absolute Gasteiger partial charge is 0.0433 e. The van der Waals surface area contributed by atoms with E-state index >= 15 is 0 Å². The van der Waals surface area contributed by atoms with Crippen molar-refractivity contribution in [1.29, 1.82) is 0 Å². The summed E-state index contributed by atoms with van der Waals surface area (Å²) in [7, 11) is 0. The van der Waals surface area contributed by atoms with Crippen LogP contribution in [0.1, 0.15) is 38.5 Å². The van der Waals surface area contributed by atoms with Crippen LogP contribution in [0.2, 0.25) is 0 Å². The van der Waals surface area contributed by atoms with Crippen LogP contribution in [-0.4, -0.2) is 23.4 Å². The van der Waals surface area contributed by atoms with Gasteiger partial charge in [-0.15, -0.1) is 0 Å². The van der Waals surface area contributed by atoms with Gasteiger partial charge in [-0.2, -0.15) is 0 Å². The molecule has 1 fully saturated rings. The molecular weight excluding hydrogens is 152 g/mol. The summed E-state index contributed by atoms with van der Waals surface area (Å²) in [5, 5.41) is 17.7. The normalized spacial score (nSPS) is 30.5. The number of aliphatic hydroxyl groups excluding tert-OH is 2. The maximum Gasteiger partial charge on any atom is 0.0433 e. The third-order valence-electron chi connectivity index (χ3n) is 3.07. The van der Waals surface area contributed by atoms with Crippen molar-refractivity contribution in [1.82, 2.24) is 0 Å². The van der Waals surface area contributed by atoms with Crippen LogP contribution in [0.3, 0.4) is 0 Å². The van der Waals surface area contributed by atoms with Crippen molar-refractivity contribution in [2.24, 2.45) is 11.8 Å². The van der Waals surface area contributed by atoms with Crippen molar-refractivity contribution in [2.45, 2.75) is 38.5 Å². The zero-order chi connectivity index (χ0) is 8.81. The first-order valence-corrected chi connectivity index (χ1v) is 5.10. The summed E-state index contributed by atoms with van der Waals surface area (Å²) >= 11 is 0. The Kier molecular flexibility index (Phi) is 4.62. The number of hydrogen-bond acceptors (Lipinski definition) is 2. The minimum Gasteiger partial charge on any atom is -0.396 e. The lowest BCUT2D eigenvalue weighted by molar-refractivity contribution is 0.144. The first-order chi connectivity index (χ1) is 5.88. The Balaban J connectivity index is 2.31. The molecular formula is C10H20O2. The first kappa shape index (κ1) is 10.0. The lowest BCUT2D eigenvalue weighted by Crippen LogP contribution is -2.21. The van der Waals surface area contributed by atoms with E-state index in [1.54, 1.807) is 0 Å². The van der Waals surface area contributed by atoms with Gasteiger partial charge in [-0.25, -0.2) is 0 Å². The zero-order valence-corrected chi connectivity index (χ0v) is 7.71. The quantitative estimate of drug-likeness (QED) is 0.675. The summed E-state index contributed by atoms with van der Waals surface area (Å²) in [4.78, 5) is 0. The van der Waals surface area contributed by atoms with Crippen molar-refractivity contribution in [3.63, 3.8) is 0 Å². The molecule has 1 aliphatic carbocycles. The van der Waals surface area contributed by atoms with Crippen LogP contribution in [0.15, 0.2) is 0 Å². The van der Waals surface area contributed by atoms with Crippen LogP contribution in [0.5, 0.6) is 0 Å². The molecule has 0 amide bonds. The predicted molar refractivity (Wildman–Crippen MR) is 48.9 cm³/mol. The van der Waals surface area contributed by atoms with Gasteiger partial charge >= 0.3 is 0 Å². The van der Waals surface area contributed by atoms with Crippen LogP contribution in [0.4, 0.5) is 0 Å². The van der Waals surface area contributed by atoms with Crippen LogP contribution in [-0.2, 0) is 0 Å². The second kappa shape index (κ2) is 5.55. The highest BCUT2D eigenvalue weighted by molar-refractivity contribution is 4.74. The Labute approximate surface area is 74.6 Å². The molecule has 0 aromatic rings. The van der Waals surface area contributed by atoms with E-state index in [0.29, 0.717) is 25.0 Å². The molecule has 1 rings (SSSR count). The molecule has 0 radical (unpaired) electrons. The summed E-state index contributed by atoms with van der Waals surface area (Å²) in [6, 6.07) is 0. The van der Waals surface area contributed by atoms with E-state index in [2.05, 4.69) is 0 Å². The summed E-state index contributed by atoms with van der Waals surface area (Å²) in [6.07, 6.45) is 7.00.